The van der Waals surface area contributed by atoms with Crippen molar-refractivity contribution in [3.05, 3.63) is 66.9 Å². The number of hydrogen-bond acceptors (Lipinski definition) is 5. The maximum Gasteiger partial charge on any atom is 0.397 e. The van der Waals surface area contributed by atoms with E-state index in [-0.39, 0.29) is 20.6 Å². The Labute approximate surface area is 120 Å². The average Bonchev–Trinajstić information content (AvgIpc) is 2.42. The van der Waals surface area contributed by atoms with Gasteiger partial charge in [-0.2, -0.15) is 0 Å². The van der Waals surface area contributed by atoms with Crippen molar-refractivity contribution < 1.29 is 14.8 Å². The summed E-state index contributed by atoms with van der Waals surface area (Å²) in [7, 11) is 0. The Kier molecular flexibility index (Phi) is 3.75. The minimum atomic E-state index is -1.16. The quantitative estimate of drug-likeness (QED) is 0.808. The summed E-state index contributed by atoms with van der Waals surface area (Å²) in [5.41, 5.74) is -1.77. The van der Waals surface area contributed by atoms with Crippen LogP contribution in [0.1, 0.15) is 15.9 Å². The van der Waals surface area contributed by atoms with Crippen molar-refractivity contribution in [1.29, 1.82) is 0 Å². The fourth-order valence-electron chi connectivity index (χ4n) is 1.44. The van der Waals surface area contributed by atoms with Crippen LogP contribution < -0.4 is 16.1 Å². The molecule has 0 spiro atoms. The molecule has 0 saturated heterocycles. The Morgan fingerprint density at radius 2 is 1.85 bits per heavy atom. The number of benzene rings is 1. The van der Waals surface area contributed by atoms with E-state index in [1.165, 1.54) is 19.1 Å². The van der Waals surface area contributed by atoms with Crippen LogP contribution in [-0.2, 0) is 0 Å². The van der Waals surface area contributed by atoms with Crippen LogP contribution in [0, 0.1) is 6.92 Å². The van der Waals surface area contributed by atoms with Crippen LogP contribution in [0.5, 0.6) is 0 Å². The molecule has 1 aromatic carbocycles. The van der Waals surface area contributed by atoms with Gasteiger partial charge in [0.15, 0.2) is 0 Å². The molecular weight excluding hydrogens is 332 g/mol. The van der Waals surface area contributed by atoms with Gasteiger partial charge in [-0.3, -0.25) is 4.79 Å². The zero-order valence-corrected chi connectivity index (χ0v) is 11.8. The Hall–Kier alpha value is -2.35. The molecule has 0 fully saturated rings. The maximum atomic E-state index is 11.8. The van der Waals surface area contributed by atoms with Gasteiger partial charge in [0.05, 0.1) is 11.8 Å². The van der Waals surface area contributed by atoms with Gasteiger partial charge in [0.2, 0.25) is 0 Å². The van der Waals surface area contributed by atoms with E-state index in [1.807, 2.05) is 0 Å². The molecule has 2 aromatic rings. The summed E-state index contributed by atoms with van der Waals surface area (Å²) in [5, 5.41) is 9.27. The highest BCUT2D eigenvalue weighted by molar-refractivity contribution is 9.10. The first-order chi connectivity index (χ1) is 9.40. The molecular formula is C12H9BrN2O5. The van der Waals surface area contributed by atoms with E-state index < -0.39 is 17.2 Å². The first-order valence-electron chi connectivity index (χ1n) is 5.43. The Morgan fingerprint density at radius 1 is 1.25 bits per heavy atom. The maximum absolute atomic E-state index is 11.8. The Morgan fingerprint density at radius 3 is 2.45 bits per heavy atom. The molecule has 1 aromatic heterocycles. The fourth-order valence-corrected chi connectivity index (χ4v) is 1.70. The fraction of sp³-hybridized carbons (Fsp3) is 0.0833. The lowest BCUT2D eigenvalue weighted by Gasteiger charge is -2.07. The summed E-state index contributed by atoms with van der Waals surface area (Å²) in [6.07, 6.45) is 0.939. The lowest BCUT2D eigenvalue weighted by molar-refractivity contribution is 0.0355. The SMILES string of the molecule is Cc1cn(O)c(=O)n(OC(=O)c2ccc(Br)cc2)c1=O. The number of carbonyl (C=O) groups is 1. The number of hydrogen-bond donors (Lipinski definition) is 1. The molecule has 0 aliphatic carbocycles. The van der Waals surface area contributed by atoms with E-state index in [0.717, 1.165) is 10.7 Å². The highest BCUT2D eigenvalue weighted by Gasteiger charge is 2.15. The van der Waals surface area contributed by atoms with Crippen LogP contribution in [-0.4, -0.2) is 20.6 Å². The molecule has 0 saturated carbocycles. The van der Waals surface area contributed by atoms with E-state index in [0.29, 0.717) is 0 Å². The van der Waals surface area contributed by atoms with Crippen molar-refractivity contribution in [1.82, 2.24) is 9.46 Å². The second-order valence-corrected chi connectivity index (χ2v) is 4.84. The number of aryl methyl sites for hydroxylation is 1. The smallest absolute Gasteiger partial charge is 0.397 e. The lowest BCUT2D eigenvalue weighted by atomic mass is 10.2. The average molecular weight is 341 g/mol. The molecule has 0 radical (unpaired) electrons. The zero-order chi connectivity index (χ0) is 14.9. The standard InChI is InChI=1S/C12H9BrN2O5/c1-7-6-14(19)12(18)15(10(7)16)20-11(17)8-2-4-9(13)5-3-8/h2-6,19H,1H3. The van der Waals surface area contributed by atoms with Crippen molar-refractivity contribution >= 4 is 21.9 Å². The van der Waals surface area contributed by atoms with Gasteiger partial charge in [0.25, 0.3) is 5.56 Å². The van der Waals surface area contributed by atoms with Gasteiger partial charge in [0.1, 0.15) is 0 Å². The molecule has 0 atom stereocenters. The highest BCUT2D eigenvalue weighted by atomic mass is 79.9. The predicted molar refractivity (Wildman–Crippen MR) is 71.9 cm³/mol. The second kappa shape index (κ2) is 5.33. The molecule has 0 amide bonds. The van der Waals surface area contributed by atoms with Crippen LogP contribution in [0.25, 0.3) is 0 Å². The summed E-state index contributed by atoms with van der Waals surface area (Å²) in [5.74, 6) is -0.887. The van der Waals surface area contributed by atoms with E-state index in [4.69, 9.17) is 4.84 Å². The van der Waals surface area contributed by atoms with Gasteiger partial charge in [-0.15, -0.1) is 4.73 Å². The van der Waals surface area contributed by atoms with Crippen molar-refractivity contribution in [2.24, 2.45) is 0 Å². The third-order valence-corrected chi connectivity index (χ3v) is 2.99. The highest BCUT2D eigenvalue weighted by Crippen LogP contribution is 2.10. The topological polar surface area (TPSA) is 90.5 Å². The molecule has 1 N–H and O–H groups in total. The minimum Gasteiger partial charge on any atom is -0.424 e. The number of aromatic nitrogens is 2. The summed E-state index contributed by atoms with van der Waals surface area (Å²) in [6.45, 7) is 1.37. The van der Waals surface area contributed by atoms with Gasteiger partial charge in [0, 0.05) is 10.0 Å². The van der Waals surface area contributed by atoms with Crippen LogP contribution in [0.4, 0.5) is 0 Å². The molecule has 2 rings (SSSR count). The molecule has 0 aliphatic heterocycles. The van der Waals surface area contributed by atoms with Crippen molar-refractivity contribution in [3.8, 4) is 0 Å². The minimum absolute atomic E-state index is 0.0516. The summed E-state index contributed by atoms with van der Waals surface area (Å²) < 4.78 is 1.14. The predicted octanol–water partition coefficient (Wildman–Crippen LogP) is 0.587. The third kappa shape index (κ3) is 2.64. The van der Waals surface area contributed by atoms with Crippen LogP contribution in [0.15, 0.2) is 44.5 Å². The normalized spacial score (nSPS) is 10.3. The van der Waals surface area contributed by atoms with Gasteiger partial charge < -0.3 is 10.0 Å². The van der Waals surface area contributed by atoms with Crippen LogP contribution in [0.3, 0.4) is 0 Å². The van der Waals surface area contributed by atoms with Crippen LogP contribution >= 0.6 is 15.9 Å². The first kappa shape index (κ1) is 14.1. The zero-order valence-electron chi connectivity index (χ0n) is 10.2. The number of halogens is 1. The third-order valence-electron chi connectivity index (χ3n) is 2.46. The van der Waals surface area contributed by atoms with Gasteiger partial charge in [-0.05, 0) is 31.2 Å². The van der Waals surface area contributed by atoms with E-state index >= 15 is 0 Å². The first-order valence-corrected chi connectivity index (χ1v) is 6.22. The van der Waals surface area contributed by atoms with E-state index in [1.54, 1.807) is 12.1 Å². The summed E-state index contributed by atoms with van der Waals surface area (Å²) >= 11 is 3.21. The Balaban J connectivity index is 2.40. The molecule has 104 valence electrons. The van der Waals surface area contributed by atoms with Gasteiger partial charge in [-0.25, -0.2) is 9.59 Å². The Bertz CT molecular complexity index is 742. The largest absolute Gasteiger partial charge is 0.424 e. The molecule has 20 heavy (non-hydrogen) atoms. The molecule has 0 unspecified atom stereocenters. The monoisotopic (exact) mass is 340 g/mol. The molecule has 0 aliphatic rings. The van der Waals surface area contributed by atoms with E-state index in [9.17, 15) is 19.6 Å². The van der Waals surface area contributed by atoms with Crippen molar-refractivity contribution in [2.45, 2.75) is 6.92 Å². The molecule has 7 nitrogen and oxygen atoms in total. The number of rotatable bonds is 2. The van der Waals surface area contributed by atoms with Gasteiger partial charge >= 0.3 is 11.7 Å². The van der Waals surface area contributed by atoms with Crippen molar-refractivity contribution in [2.75, 3.05) is 0 Å². The van der Waals surface area contributed by atoms with E-state index in [2.05, 4.69) is 15.9 Å². The lowest BCUT2D eigenvalue weighted by Crippen LogP contribution is -2.45. The number of carbonyl (C=O) groups excluding carboxylic acids is 1. The van der Waals surface area contributed by atoms with Crippen LogP contribution in [0.2, 0.25) is 0 Å². The molecule has 1 heterocycles. The number of nitrogens with zero attached hydrogens (tertiary/aromatic N) is 2. The molecule has 0 bridgehead atoms. The van der Waals surface area contributed by atoms with Gasteiger partial charge in [-0.1, -0.05) is 20.7 Å². The molecule has 8 heteroatoms. The van der Waals surface area contributed by atoms with Crippen molar-refractivity contribution in [3.63, 3.8) is 0 Å². The second-order valence-electron chi connectivity index (χ2n) is 3.92. The summed E-state index contributed by atoms with van der Waals surface area (Å²) in [4.78, 5) is 39.8. The summed E-state index contributed by atoms with van der Waals surface area (Å²) in [6, 6.07) is 6.15.